The maximum absolute atomic E-state index is 4.87. The second-order valence-electron chi connectivity index (χ2n) is 12.2. The van der Waals surface area contributed by atoms with Crippen LogP contribution in [-0.2, 0) is 11.0 Å². The third-order valence-corrected chi connectivity index (χ3v) is 10.1. The molecular formula is C38H34N3+. The number of aromatic nitrogens is 3. The zero-order valence-corrected chi connectivity index (χ0v) is 24.2. The molecule has 8 rings (SSSR count). The normalized spacial score (nSPS) is 16.0. The molecule has 5 heterocycles. The van der Waals surface area contributed by atoms with E-state index >= 15 is 0 Å². The summed E-state index contributed by atoms with van der Waals surface area (Å²) < 4.78 is 4.89. The molecule has 3 aromatic carbocycles. The molecule has 6 aromatic rings. The summed E-state index contributed by atoms with van der Waals surface area (Å²) in [7, 11) is 0. The SMILES string of the molecule is C=C1c2ccc(-c3ccc4c(c3)c3cccc5c3n4-c3cccnc3C5(C)C)cc2-c2cccc[n+]2C1(CC)CC. The first-order valence-corrected chi connectivity index (χ1v) is 14.8. The molecule has 2 aliphatic heterocycles. The zero-order valence-electron chi connectivity index (χ0n) is 24.2. The van der Waals surface area contributed by atoms with Gasteiger partial charge in [0.15, 0.2) is 11.7 Å². The van der Waals surface area contributed by atoms with Gasteiger partial charge in [0.25, 0.3) is 0 Å². The Kier molecular flexibility index (Phi) is 4.90. The number of hydrogen-bond donors (Lipinski definition) is 0. The highest BCUT2D eigenvalue weighted by Crippen LogP contribution is 2.48. The van der Waals surface area contributed by atoms with E-state index in [9.17, 15) is 0 Å². The highest BCUT2D eigenvalue weighted by atomic mass is 15.1. The number of para-hydroxylation sites is 1. The van der Waals surface area contributed by atoms with Gasteiger partial charge in [0.05, 0.1) is 28.0 Å². The number of hydrogen-bond acceptors (Lipinski definition) is 1. The second kappa shape index (κ2) is 8.27. The number of benzene rings is 3. The zero-order chi connectivity index (χ0) is 28.1. The van der Waals surface area contributed by atoms with Gasteiger partial charge >= 0.3 is 0 Å². The van der Waals surface area contributed by atoms with Gasteiger partial charge in [-0.1, -0.05) is 56.8 Å². The molecule has 0 N–H and O–H groups in total. The summed E-state index contributed by atoms with van der Waals surface area (Å²) in [6.07, 6.45) is 6.19. The van der Waals surface area contributed by atoms with Gasteiger partial charge in [-0.05, 0) is 72.5 Å². The van der Waals surface area contributed by atoms with Crippen molar-refractivity contribution in [1.29, 1.82) is 0 Å². The molecule has 0 radical (unpaired) electrons. The largest absolute Gasteiger partial charge is 0.307 e. The van der Waals surface area contributed by atoms with Gasteiger partial charge in [-0.25, -0.2) is 0 Å². The Morgan fingerprint density at radius 2 is 1.61 bits per heavy atom. The van der Waals surface area contributed by atoms with E-state index in [-0.39, 0.29) is 11.0 Å². The van der Waals surface area contributed by atoms with Crippen LogP contribution in [0.25, 0.3) is 55.5 Å². The standard InChI is InChI=1S/C38H34N3/c1-6-38(7-2)24(3)27-18-16-25(22-29(27)32-14-8-9-21-40(32)38)26-17-19-33-30(23-26)28-12-10-13-31-35(28)41(33)34-15-11-20-39-36(34)37(31,4)5/h8-23H,3,6-7H2,1-2,4-5H3/q+1. The molecule has 0 saturated carbocycles. The van der Waals surface area contributed by atoms with Crippen molar-refractivity contribution in [2.24, 2.45) is 0 Å². The Hall–Kier alpha value is -4.50. The number of fused-ring (bicyclic) bond motifs is 8. The van der Waals surface area contributed by atoms with E-state index in [1.54, 1.807) is 0 Å². The van der Waals surface area contributed by atoms with Crippen molar-refractivity contribution in [3.63, 3.8) is 0 Å². The summed E-state index contributed by atoms with van der Waals surface area (Å²) in [6.45, 7) is 13.8. The Labute approximate surface area is 241 Å². The summed E-state index contributed by atoms with van der Waals surface area (Å²) in [5, 5.41) is 2.57. The van der Waals surface area contributed by atoms with Crippen LogP contribution in [0.1, 0.15) is 57.4 Å². The van der Waals surface area contributed by atoms with E-state index in [1.807, 2.05) is 6.20 Å². The average Bonchev–Trinajstić information content (AvgIpc) is 3.35. The fourth-order valence-corrected chi connectivity index (χ4v) is 7.84. The van der Waals surface area contributed by atoms with Gasteiger partial charge in [0.2, 0.25) is 5.69 Å². The van der Waals surface area contributed by atoms with Crippen LogP contribution in [0, 0.1) is 0 Å². The molecule has 0 aliphatic carbocycles. The van der Waals surface area contributed by atoms with E-state index in [2.05, 4.69) is 135 Å². The third kappa shape index (κ3) is 2.99. The molecule has 41 heavy (non-hydrogen) atoms. The lowest BCUT2D eigenvalue weighted by Gasteiger charge is -2.34. The molecule has 2 aliphatic rings. The monoisotopic (exact) mass is 532 g/mol. The lowest BCUT2D eigenvalue weighted by Crippen LogP contribution is -2.59. The molecule has 200 valence electrons. The second-order valence-corrected chi connectivity index (χ2v) is 12.2. The highest BCUT2D eigenvalue weighted by Gasteiger charge is 2.46. The van der Waals surface area contributed by atoms with Crippen LogP contribution >= 0.6 is 0 Å². The summed E-state index contributed by atoms with van der Waals surface area (Å²) in [4.78, 5) is 4.87. The van der Waals surface area contributed by atoms with Crippen molar-refractivity contribution in [2.45, 2.75) is 51.5 Å². The Morgan fingerprint density at radius 1 is 0.805 bits per heavy atom. The third-order valence-electron chi connectivity index (χ3n) is 10.1. The number of allylic oxidation sites excluding steroid dienone is 1. The van der Waals surface area contributed by atoms with Crippen LogP contribution in [0.15, 0.2) is 104 Å². The fourth-order valence-electron chi connectivity index (χ4n) is 7.84. The minimum Gasteiger partial charge on any atom is -0.307 e. The summed E-state index contributed by atoms with van der Waals surface area (Å²) in [6, 6.07) is 31.5. The molecule has 0 amide bonds. The molecule has 3 aromatic heterocycles. The molecule has 0 saturated heterocycles. The van der Waals surface area contributed by atoms with Gasteiger partial charge in [0, 0.05) is 52.9 Å². The lowest BCUT2D eigenvalue weighted by molar-refractivity contribution is -0.741. The average molecular weight is 533 g/mol. The maximum Gasteiger partial charge on any atom is 0.213 e. The number of nitrogens with zero attached hydrogens (tertiary/aromatic N) is 3. The van der Waals surface area contributed by atoms with Crippen LogP contribution in [-0.4, -0.2) is 9.55 Å². The molecular weight excluding hydrogens is 498 g/mol. The van der Waals surface area contributed by atoms with Crippen molar-refractivity contribution < 1.29 is 4.57 Å². The molecule has 3 heteroatoms. The van der Waals surface area contributed by atoms with Gasteiger partial charge < -0.3 is 4.57 Å². The first-order chi connectivity index (χ1) is 19.9. The van der Waals surface area contributed by atoms with Crippen molar-refractivity contribution in [3.05, 3.63) is 121 Å². The van der Waals surface area contributed by atoms with Gasteiger partial charge in [-0.2, -0.15) is 4.57 Å². The van der Waals surface area contributed by atoms with E-state index in [0.29, 0.717) is 0 Å². The molecule has 0 spiro atoms. The van der Waals surface area contributed by atoms with Crippen LogP contribution in [0.5, 0.6) is 0 Å². The van der Waals surface area contributed by atoms with Gasteiger partial charge in [0.1, 0.15) is 0 Å². The Morgan fingerprint density at radius 3 is 2.44 bits per heavy atom. The summed E-state index contributed by atoms with van der Waals surface area (Å²) >= 11 is 0. The Bertz CT molecular complexity index is 2070. The van der Waals surface area contributed by atoms with Crippen LogP contribution in [0.2, 0.25) is 0 Å². The van der Waals surface area contributed by atoms with E-state index < -0.39 is 0 Å². The smallest absolute Gasteiger partial charge is 0.213 e. The van der Waals surface area contributed by atoms with Crippen molar-refractivity contribution in [3.8, 4) is 28.1 Å². The Balaban J connectivity index is 1.36. The first kappa shape index (κ1) is 24.3. The van der Waals surface area contributed by atoms with E-state index in [0.717, 1.165) is 18.5 Å². The van der Waals surface area contributed by atoms with E-state index in [1.165, 1.54) is 66.6 Å². The van der Waals surface area contributed by atoms with E-state index in [4.69, 9.17) is 4.98 Å². The predicted octanol–water partition coefficient (Wildman–Crippen LogP) is 8.98. The minimum atomic E-state index is -0.165. The molecule has 0 bridgehead atoms. The van der Waals surface area contributed by atoms with Crippen molar-refractivity contribution >= 4 is 27.4 Å². The first-order valence-electron chi connectivity index (χ1n) is 14.8. The topological polar surface area (TPSA) is 21.7 Å². The number of pyridine rings is 2. The molecule has 0 atom stereocenters. The predicted molar refractivity (Wildman–Crippen MR) is 169 cm³/mol. The summed E-state index contributed by atoms with van der Waals surface area (Å²) in [5.74, 6) is 0. The lowest BCUT2D eigenvalue weighted by atomic mass is 9.75. The molecule has 3 nitrogen and oxygen atoms in total. The van der Waals surface area contributed by atoms with Crippen LogP contribution in [0.4, 0.5) is 0 Å². The number of rotatable bonds is 3. The van der Waals surface area contributed by atoms with Crippen LogP contribution < -0.4 is 4.57 Å². The maximum atomic E-state index is 4.87. The quantitative estimate of drug-likeness (QED) is 0.208. The minimum absolute atomic E-state index is 0.0885. The van der Waals surface area contributed by atoms with Crippen molar-refractivity contribution in [2.75, 3.05) is 0 Å². The highest BCUT2D eigenvalue weighted by molar-refractivity contribution is 6.12. The molecule has 0 unspecified atom stereocenters. The van der Waals surface area contributed by atoms with Gasteiger partial charge in [-0.3, -0.25) is 4.98 Å². The fraction of sp³-hybridized carbons (Fsp3) is 0.211. The van der Waals surface area contributed by atoms with Gasteiger partial charge in [-0.15, -0.1) is 0 Å². The molecule has 0 fully saturated rings. The van der Waals surface area contributed by atoms with Crippen LogP contribution in [0.3, 0.4) is 0 Å². The summed E-state index contributed by atoms with van der Waals surface area (Å²) in [5.41, 5.74) is 13.4. The van der Waals surface area contributed by atoms with Crippen molar-refractivity contribution in [1.82, 2.24) is 9.55 Å².